The van der Waals surface area contributed by atoms with E-state index in [4.69, 9.17) is 11.6 Å². The summed E-state index contributed by atoms with van der Waals surface area (Å²) in [5.74, 6) is 2.55. The number of hydrogen-bond acceptors (Lipinski definition) is 2. The molecule has 0 aliphatic heterocycles. The number of halogens is 1. The fourth-order valence-electron chi connectivity index (χ4n) is 7.75. The van der Waals surface area contributed by atoms with Crippen molar-refractivity contribution in [1.82, 2.24) is 0 Å². The lowest BCUT2D eigenvalue weighted by molar-refractivity contribution is -0.127. The van der Waals surface area contributed by atoms with Gasteiger partial charge in [-0.1, -0.05) is 31.0 Å². The molecule has 0 saturated heterocycles. The Hall–Kier alpha value is -1.61. The highest BCUT2D eigenvalue weighted by Crippen LogP contribution is 2.66. The lowest BCUT2D eigenvalue weighted by Gasteiger charge is -2.58. The van der Waals surface area contributed by atoms with Gasteiger partial charge in [-0.15, -0.1) is 0 Å². The summed E-state index contributed by atoms with van der Waals surface area (Å²) in [6, 6.07) is 7.41. The van der Waals surface area contributed by atoms with Crippen molar-refractivity contribution in [1.29, 1.82) is 0 Å². The summed E-state index contributed by atoms with van der Waals surface area (Å²) in [5, 5.41) is 3.84. The number of carbonyl (C=O) groups excluding carboxylic acids is 2. The normalized spacial score (nSPS) is 40.1. The summed E-state index contributed by atoms with van der Waals surface area (Å²) in [5.41, 5.74) is 2.53. The summed E-state index contributed by atoms with van der Waals surface area (Å²) < 4.78 is 0. The van der Waals surface area contributed by atoms with Crippen LogP contribution in [0.3, 0.4) is 0 Å². The number of hydrogen-bond donors (Lipinski definition) is 1. The van der Waals surface area contributed by atoms with Crippen LogP contribution in [0.4, 0.5) is 5.69 Å². The minimum absolute atomic E-state index is 0.0804. The molecular formula is C26H32ClNO2. The predicted octanol–water partition coefficient (Wildman–Crippen LogP) is 6.43. The van der Waals surface area contributed by atoms with Crippen LogP contribution in [0.5, 0.6) is 0 Å². The quantitative estimate of drug-likeness (QED) is 0.593. The molecule has 30 heavy (non-hydrogen) atoms. The minimum atomic E-state index is 0.0804. The first-order valence-electron chi connectivity index (χ1n) is 11.6. The maximum atomic E-state index is 13.3. The summed E-state index contributed by atoms with van der Waals surface area (Å²) in [6.07, 6.45) is 10.4. The van der Waals surface area contributed by atoms with E-state index in [0.717, 1.165) is 37.8 Å². The second kappa shape index (κ2) is 7.22. The van der Waals surface area contributed by atoms with Crippen LogP contribution in [-0.2, 0) is 9.59 Å². The number of carbonyl (C=O) groups is 2. The topological polar surface area (TPSA) is 46.2 Å². The Morgan fingerprint density at radius 3 is 2.53 bits per heavy atom. The van der Waals surface area contributed by atoms with Crippen molar-refractivity contribution < 1.29 is 9.59 Å². The number of nitrogens with one attached hydrogen (secondary N) is 1. The van der Waals surface area contributed by atoms with E-state index >= 15 is 0 Å². The van der Waals surface area contributed by atoms with Crippen LogP contribution in [0, 0.1) is 34.5 Å². The van der Waals surface area contributed by atoms with Crippen LogP contribution in [0.2, 0.25) is 5.02 Å². The summed E-state index contributed by atoms with van der Waals surface area (Å²) in [7, 11) is 0. The molecule has 5 rings (SSSR count). The molecule has 1 aromatic rings. The molecule has 4 aliphatic carbocycles. The summed E-state index contributed by atoms with van der Waals surface area (Å²) in [4.78, 5) is 25.3. The molecule has 1 unspecified atom stereocenters. The molecular weight excluding hydrogens is 394 g/mol. The number of allylic oxidation sites excluding steroid dienone is 1. The van der Waals surface area contributed by atoms with Crippen LogP contribution >= 0.6 is 11.6 Å². The van der Waals surface area contributed by atoms with E-state index in [1.807, 2.05) is 30.3 Å². The third-order valence-electron chi connectivity index (χ3n) is 9.39. The lowest BCUT2D eigenvalue weighted by Crippen LogP contribution is -2.51. The SMILES string of the molecule is C[C@]12CCC(=O)C=C1CC[C@@H]1[C@H]2CC[C@]2(C)C(C(=O)Nc3ccc(Cl)cc3)CC[C@@H]12. The molecule has 3 saturated carbocycles. The highest BCUT2D eigenvalue weighted by atomic mass is 35.5. The van der Waals surface area contributed by atoms with E-state index in [1.54, 1.807) is 0 Å². The Bertz CT molecular complexity index is 906. The highest BCUT2D eigenvalue weighted by molar-refractivity contribution is 6.30. The van der Waals surface area contributed by atoms with Crippen LogP contribution in [0.25, 0.3) is 0 Å². The fourth-order valence-corrected chi connectivity index (χ4v) is 7.88. The van der Waals surface area contributed by atoms with Gasteiger partial charge in [0.15, 0.2) is 5.78 Å². The van der Waals surface area contributed by atoms with Gasteiger partial charge in [-0.2, -0.15) is 0 Å². The van der Waals surface area contributed by atoms with Crippen LogP contribution in [-0.4, -0.2) is 11.7 Å². The average Bonchev–Trinajstić information content (AvgIpc) is 3.07. The number of anilines is 1. The molecule has 3 fully saturated rings. The molecule has 0 heterocycles. The van der Waals surface area contributed by atoms with E-state index in [2.05, 4.69) is 19.2 Å². The average molecular weight is 426 g/mol. The van der Waals surface area contributed by atoms with Gasteiger partial charge in [0, 0.05) is 23.0 Å². The van der Waals surface area contributed by atoms with Crippen molar-refractivity contribution in [2.75, 3.05) is 5.32 Å². The van der Waals surface area contributed by atoms with Gasteiger partial charge in [0.25, 0.3) is 0 Å². The van der Waals surface area contributed by atoms with Gasteiger partial charge in [0.2, 0.25) is 5.91 Å². The van der Waals surface area contributed by atoms with Crippen molar-refractivity contribution in [3.05, 3.63) is 40.9 Å². The third kappa shape index (κ3) is 3.07. The summed E-state index contributed by atoms with van der Waals surface area (Å²) in [6.45, 7) is 4.80. The molecule has 4 heteroatoms. The summed E-state index contributed by atoms with van der Waals surface area (Å²) >= 11 is 5.99. The fraction of sp³-hybridized carbons (Fsp3) is 0.615. The molecule has 1 amide bonds. The Kier molecular flexibility index (Phi) is 4.89. The van der Waals surface area contributed by atoms with E-state index in [9.17, 15) is 9.59 Å². The zero-order valence-electron chi connectivity index (χ0n) is 18.0. The van der Waals surface area contributed by atoms with Crippen molar-refractivity contribution in [2.45, 2.75) is 65.2 Å². The molecule has 6 atom stereocenters. The molecule has 1 N–H and O–H groups in total. The van der Waals surface area contributed by atoms with E-state index in [1.165, 1.54) is 18.4 Å². The van der Waals surface area contributed by atoms with Gasteiger partial charge >= 0.3 is 0 Å². The number of amides is 1. The third-order valence-corrected chi connectivity index (χ3v) is 9.64. The standard InChI is InChI=1S/C26H32ClNO2/c1-25-13-11-19(29)15-16(25)3-8-20-21-9-10-23(26(21,2)14-12-22(20)25)24(30)28-18-6-4-17(27)5-7-18/h4-7,15,20-23H,3,8-14H2,1-2H3,(H,28,30)/t20-,21-,22+,23?,25-,26-/m0/s1. The number of fused-ring (bicyclic) bond motifs is 5. The number of rotatable bonds is 2. The van der Waals surface area contributed by atoms with E-state index < -0.39 is 0 Å². The zero-order chi connectivity index (χ0) is 21.1. The number of ketones is 1. The molecule has 0 spiro atoms. The largest absolute Gasteiger partial charge is 0.326 e. The highest BCUT2D eigenvalue weighted by Gasteiger charge is 2.60. The van der Waals surface area contributed by atoms with Crippen molar-refractivity contribution in [3.63, 3.8) is 0 Å². The van der Waals surface area contributed by atoms with Gasteiger partial charge in [0.1, 0.15) is 0 Å². The maximum Gasteiger partial charge on any atom is 0.228 e. The number of benzene rings is 1. The molecule has 0 radical (unpaired) electrons. The van der Waals surface area contributed by atoms with Crippen molar-refractivity contribution in [3.8, 4) is 0 Å². The lowest BCUT2D eigenvalue weighted by atomic mass is 9.47. The Balaban J connectivity index is 1.36. The second-order valence-corrected chi connectivity index (χ2v) is 11.1. The van der Waals surface area contributed by atoms with Crippen LogP contribution in [0.1, 0.15) is 65.2 Å². The van der Waals surface area contributed by atoms with Gasteiger partial charge in [0.05, 0.1) is 0 Å². The van der Waals surface area contributed by atoms with Gasteiger partial charge in [-0.05, 0) is 104 Å². The molecule has 0 bridgehead atoms. The van der Waals surface area contributed by atoms with Gasteiger partial charge < -0.3 is 5.32 Å². The first kappa shape index (κ1) is 20.3. The molecule has 160 valence electrons. The first-order chi connectivity index (χ1) is 14.3. The minimum Gasteiger partial charge on any atom is -0.326 e. The molecule has 3 nitrogen and oxygen atoms in total. The molecule has 1 aromatic carbocycles. The Labute approximate surface area is 184 Å². The monoisotopic (exact) mass is 425 g/mol. The smallest absolute Gasteiger partial charge is 0.228 e. The van der Waals surface area contributed by atoms with Gasteiger partial charge in [-0.3, -0.25) is 9.59 Å². The van der Waals surface area contributed by atoms with E-state index in [0.29, 0.717) is 35.0 Å². The Morgan fingerprint density at radius 1 is 1.00 bits per heavy atom. The van der Waals surface area contributed by atoms with Gasteiger partial charge in [-0.25, -0.2) is 0 Å². The van der Waals surface area contributed by atoms with Crippen molar-refractivity contribution in [2.24, 2.45) is 34.5 Å². The molecule has 4 aliphatic rings. The second-order valence-electron chi connectivity index (χ2n) is 10.6. The van der Waals surface area contributed by atoms with Crippen LogP contribution in [0.15, 0.2) is 35.9 Å². The van der Waals surface area contributed by atoms with Crippen LogP contribution < -0.4 is 5.32 Å². The first-order valence-corrected chi connectivity index (χ1v) is 12.0. The Morgan fingerprint density at radius 2 is 1.77 bits per heavy atom. The zero-order valence-corrected chi connectivity index (χ0v) is 18.8. The van der Waals surface area contributed by atoms with Crippen molar-refractivity contribution >= 4 is 29.0 Å². The molecule has 0 aromatic heterocycles. The van der Waals surface area contributed by atoms with E-state index in [-0.39, 0.29) is 22.7 Å². The predicted molar refractivity (Wildman–Crippen MR) is 120 cm³/mol. The maximum absolute atomic E-state index is 13.3.